The molecule has 20 heavy (non-hydrogen) atoms. The number of nitrogens with one attached hydrogen (secondary N) is 2. The number of hydrogen-bond acceptors (Lipinski definition) is 4. The van der Waals surface area contributed by atoms with Crippen molar-refractivity contribution in [2.75, 3.05) is 17.2 Å². The Kier molecular flexibility index (Phi) is 4.68. The Morgan fingerprint density at radius 1 is 1.30 bits per heavy atom. The van der Waals surface area contributed by atoms with Gasteiger partial charge in [0.05, 0.1) is 0 Å². The van der Waals surface area contributed by atoms with E-state index >= 15 is 0 Å². The van der Waals surface area contributed by atoms with E-state index in [1.165, 1.54) is 0 Å². The van der Waals surface area contributed by atoms with Gasteiger partial charge in [-0.2, -0.15) is 0 Å². The lowest BCUT2D eigenvalue weighted by molar-refractivity contribution is 0.102. The molecule has 2 N–H and O–H groups in total. The number of halogens is 1. The Balaban J connectivity index is 2.03. The minimum absolute atomic E-state index is 0.231. The van der Waals surface area contributed by atoms with Crippen LogP contribution in [-0.2, 0) is 0 Å². The van der Waals surface area contributed by atoms with Crippen LogP contribution in [0.25, 0.3) is 0 Å². The highest BCUT2D eigenvalue weighted by Gasteiger charge is 2.08. The lowest BCUT2D eigenvalue weighted by Gasteiger charge is -2.05. The monoisotopic (exact) mass is 288 g/mol. The van der Waals surface area contributed by atoms with Gasteiger partial charge in [0.1, 0.15) is 5.82 Å². The number of aromatic nitrogens is 2. The van der Waals surface area contributed by atoms with Crippen molar-refractivity contribution in [3.63, 3.8) is 0 Å². The molecule has 0 aliphatic heterocycles. The summed E-state index contributed by atoms with van der Waals surface area (Å²) in [5, 5.41) is 14.0. The van der Waals surface area contributed by atoms with Crippen LogP contribution in [0.3, 0.4) is 0 Å². The smallest absolute Gasteiger partial charge is 0.276 e. The second kappa shape index (κ2) is 6.68. The molecule has 5 nitrogen and oxygen atoms in total. The van der Waals surface area contributed by atoms with E-state index in [4.69, 9.17) is 11.6 Å². The number of rotatable bonds is 5. The molecule has 0 bridgehead atoms. The third-order valence-electron chi connectivity index (χ3n) is 2.41. The zero-order valence-electron chi connectivity index (χ0n) is 10.6. The van der Waals surface area contributed by atoms with Gasteiger partial charge in [0.15, 0.2) is 5.69 Å². The second-order valence-corrected chi connectivity index (χ2v) is 4.37. The lowest BCUT2D eigenvalue weighted by atomic mass is 10.3. The van der Waals surface area contributed by atoms with Crippen LogP contribution in [0, 0.1) is 0 Å². The predicted molar refractivity (Wildman–Crippen MR) is 80.1 cm³/mol. The zero-order chi connectivity index (χ0) is 14.4. The van der Waals surface area contributed by atoms with Gasteiger partial charge in [-0.15, -0.1) is 16.8 Å². The van der Waals surface area contributed by atoms with Crippen LogP contribution in [0.2, 0.25) is 5.02 Å². The van der Waals surface area contributed by atoms with E-state index in [0.29, 0.717) is 23.1 Å². The Bertz CT molecular complexity index is 613. The molecule has 0 aliphatic carbocycles. The average Bonchev–Trinajstić information content (AvgIpc) is 2.45. The molecular weight excluding hydrogens is 276 g/mol. The van der Waals surface area contributed by atoms with Crippen LogP contribution < -0.4 is 10.6 Å². The van der Waals surface area contributed by atoms with Gasteiger partial charge in [-0.05, 0) is 30.3 Å². The van der Waals surface area contributed by atoms with E-state index < -0.39 is 0 Å². The summed E-state index contributed by atoms with van der Waals surface area (Å²) in [6.45, 7) is 4.18. The summed E-state index contributed by atoms with van der Waals surface area (Å²) >= 11 is 5.85. The molecule has 1 aromatic carbocycles. The molecule has 0 radical (unpaired) electrons. The molecule has 0 unspecified atom stereocenters. The number of amides is 1. The van der Waals surface area contributed by atoms with E-state index in [2.05, 4.69) is 27.4 Å². The second-order valence-electron chi connectivity index (χ2n) is 3.94. The quantitative estimate of drug-likeness (QED) is 0.830. The molecule has 6 heteroatoms. The molecule has 0 fully saturated rings. The van der Waals surface area contributed by atoms with Crippen LogP contribution in [0.5, 0.6) is 0 Å². The first-order chi connectivity index (χ1) is 9.69. The molecule has 0 aliphatic rings. The van der Waals surface area contributed by atoms with Crippen molar-refractivity contribution in [3.8, 4) is 0 Å². The third kappa shape index (κ3) is 3.80. The first kappa shape index (κ1) is 14.0. The van der Waals surface area contributed by atoms with Gasteiger partial charge in [0, 0.05) is 17.3 Å². The molecule has 0 spiro atoms. The molecule has 102 valence electrons. The average molecular weight is 289 g/mol. The first-order valence-corrected chi connectivity index (χ1v) is 6.32. The third-order valence-corrected chi connectivity index (χ3v) is 2.64. The van der Waals surface area contributed by atoms with E-state index in [1.54, 1.807) is 42.5 Å². The van der Waals surface area contributed by atoms with Crippen LogP contribution in [0.1, 0.15) is 10.5 Å². The fraction of sp³-hybridized carbons (Fsp3) is 0.0714. The van der Waals surface area contributed by atoms with E-state index in [9.17, 15) is 4.79 Å². The Morgan fingerprint density at radius 3 is 2.80 bits per heavy atom. The highest BCUT2D eigenvalue weighted by Crippen LogP contribution is 2.15. The van der Waals surface area contributed by atoms with Crippen molar-refractivity contribution in [2.24, 2.45) is 0 Å². The normalized spacial score (nSPS) is 9.85. The maximum atomic E-state index is 12.0. The van der Waals surface area contributed by atoms with Crippen LogP contribution >= 0.6 is 11.6 Å². The van der Waals surface area contributed by atoms with Crippen molar-refractivity contribution in [2.45, 2.75) is 0 Å². The van der Waals surface area contributed by atoms with Crippen molar-refractivity contribution in [3.05, 3.63) is 59.8 Å². The fourth-order valence-electron chi connectivity index (χ4n) is 1.49. The van der Waals surface area contributed by atoms with Crippen molar-refractivity contribution >= 4 is 29.0 Å². The van der Waals surface area contributed by atoms with Crippen LogP contribution in [0.4, 0.5) is 11.5 Å². The summed E-state index contributed by atoms with van der Waals surface area (Å²) < 4.78 is 0. The molecule has 1 aromatic heterocycles. The summed E-state index contributed by atoms with van der Waals surface area (Å²) in [6.07, 6.45) is 1.71. The van der Waals surface area contributed by atoms with Gasteiger partial charge in [-0.3, -0.25) is 4.79 Å². The number of nitrogens with zero attached hydrogens (tertiary/aromatic N) is 2. The number of carbonyl (C=O) groups excluding carboxylic acids is 1. The predicted octanol–water partition coefficient (Wildman–Crippen LogP) is 2.98. The van der Waals surface area contributed by atoms with Gasteiger partial charge < -0.3 is 10.6 Å². The molecule has 1 amide bonds. The maximum absolute atomic E-state index is 12.0. The highest BCUT2D eigenvalue weighted by atomic mass is 35.5. The molecular formula is C14H13ClN4O. The minimum atomic E-state index is -0.338. The summed E-state index contributed by atoms with van der Waals surface area (Å²) in [4.78, 5) is 12.0. The molecule has 0 atom stereocenters. The highest BCUT2D eigenvalue weighted by molar-refractivity contribution is 6.30. The molecule has 0 saturated carbocycles. The van der Waals surface area contributed by atoms with Crippen LogP contribution in [0.15, 0.2) is 49.1 Å². The van der Waals surface area contributed by atoms with Gasteiger partial charge in [-0.1, -0.05) is 23.7 Å². The Morgan fingerprint density at radius 2 is 2.15 bits per heavy atom. The fourth-order valence-corrected chi connectivity index (χ4v) is 1.68. The number of hydrogen-bond donors (Lipinski definition) is 2. The van der Waals surface area contributed by atoms with Crippen molar-refractivity contribution in [1.82, 2.24) is 10.2 Å². The molecule has 2 aromatic rings. The SMILES string of the molecule is C=CCNc1ccc(C(=O)Nc2cccc(Cl)c2)nn1. The van der Waals surface area contributed by atoms with Gasteiger partial charge >= 0.3 is 0 Å². The minimum Gasteiger partial charge on any atom is -0.365 e. The summed E-state index contributed by atoms with van der Waals surface area (Å²) in [6, 6.07) is 10.2. The first-order valence-electron chi connectivity index (χ1n) is 5.94. The molecule has 0 saturated heterocycles. The molecule has 1 heterocycles. The Labute approximate surface area is 121 Å². The number of anilines is 2. The zero-order valence-corrected chi connectivity index (χ0v) is 11.4. The summed E-state index contributed by atoms with van der Waals surface area (Å²) in [7, 11) is 0. The van der Waals surface area contributed by atoms with E-state index in [1.807, 2.05) is 0 Å². The van der Waals surface area contributed by atoms with Crippen molar-refractivity contribution < 1.29 is 4.79 Å². The van der Waals surface area contributed by atoms with E-state index in [-0.39, 0.29) is 11.6 Å². The summed E-state index contributed by atoms with van der Waals surface area (Å²) in [5.74, 6) is 0.249. The standard InChI is InChI=1S/C14H13ClN4O/c1-2-8-16-13-7-6-12(18-19-13)14(20)17-11-5-3-4-10(15)9-11/h2-7,9H,1,8H2,(H,16,19)(H,17,20). The van der Waals surface area contributed by atoms with Gasteiger partial charge in [0.2, 0.25) is 0 Å². The Hall–Kier alpha value is -2.40. The number of carbonyl (C=O) groups is 1. The topological polar surface area (TPSA) is 66.9 Å². The largest absolute Gasteiger partial charge is 0.365 e. The van der Waals surface area contributed by atoms with E-state index in [0.717, 1.165) is 0 Å². The van der Waals surface area contributed by atoms with Gasteiger partial charge in [0.25, 0.3) is 5.91 Å². The number of benzene rings is 1. The maximum Gasteiger partial charge on any atom is 0.276 e. The molecule has 2 rings (SSSR count). The van der Waals surface area contributed by atoms with Crippen molar-refractivity contribution in [1.29, 1.82) is 0 Å². The van der Waals surface area contributed by atoms with Crippen LogP contribution in [-0.4, -0.2) is 22.6 Å². The van der Waals surface area contributed by atoms with Gasteiger partial charge in [-0.25, -0.2) is 0 Å². The summed E-state index contributed by atoms with van der Waals surface area (Å²) in [5.41, 5.74) is 0.840. The lowest BCUT2D eigenvalue weighted by Crippen LogP contribution is -2.14.